The molecule has 0 aliphatic heterocycles. The molecular weight excluding hydrogens is 326 g/mol. The zero-order chi connectivity index (χ0) is 16.5. The van der Waals surface area contributed by atoms with Gasteiger partial charge in [-0.05, 0) is 28.0 Å². The summed E-state index contributed by atoms with van der Waals surface area (Å²) in [7, 11) is 2.91. The molecule has 124 valence electrons. The molecule has 1 aromatic carbocycles. The summed E-state index contributed by atoms with van der Waals surface area (Å²) in [6, 6.07) is 12.1. The largest absolute Gasteiger partial charge is 0.355 e. The Morgan fingerprint density at radius 2 is 2.04 bits per heavy atom. The van der Waals surface area contributed by atoms with E-state index >= 15 is 0 Å². The quantitative estimate of drug-likeness (QED) is 0.617. The number of benzene rings is 1. The molecule has 0 spiro atoms. The minimum absolute atomic E-state index is 0.603. The van der Waals surface area contributed by atoms with Crippen LogP contribution in [-0.2, 0) is 23.1 Å². The van der Waals surface area contributed by atoms with Gasteiger partial charge in [0.2, 0.25) is 0 Å². The standard InChI is InChI=1S/C17H23N3OS2/c1-18-17(20(2)12-16-8-10-22-13-16)19-9-11-23(21)14-15-6-4-3-5-7-15/h3-8,10,13H,9,11-12,14H2,1-2H3,(H,18,19). The van der Waals surface area contributed by atoms with Crippen molar-refractivity contribution in [3.05, 3.63) is 58.3 Å². The third-order valence-corrected chi connectivity index (χ3v) is 5.40. The van der Waals surface area contributed by atoms with Gasteiger partial charge < -0.3 is 10.2 Å². The van der Waals surface area contributed by atoms with E-state index in [9.17, 15) is 4.21 Å². The number of nitrogens with zero attached hydrogens (tertiary/aromatic N) is 2. The van der Waals surface area contributed by atoms with Crippen molar-refractivity contribution in [1.29, 1.82) is 0 Å². The Balaban J connectivity index is 1.74. The fourth-order valence-corrected chi connectivity index (χ4v) is 3.92. The van der Waals surface area contributed by atoms with Crippen molar-refractivity contribution >= 4 is 28.1 Å². The molecule has 1 N–H and O–H groups in total. The molecular formula is C17H23N3OS2. The van der Waals surface area contributed by atoms with E-state index in [2.05, 4.69) is 32.0 Å². The summed E-state index contributed by atoms with van der Waals surface area (Å²) in [4.78, 5) is 6.36. The van der Waals surface area contributed by atoms with Crippen LogP contribution in [0.4, 0.5) is 0 Å². The predicted molar refractivity (Wildman–Crippen MR) is 100 cm³/mol. The fraction of sp³-hybridized carbons (Fsp3) is 0.353. The Bertz CT molecular complexity index is 627. The lowest BCUT2D eigenvalue weighted by Gasteiger charge is -2.21. The topological polar surface area (TPSA) is 44.7 Å². The second kappa shape index (κ2) is 9.47. The van der Waals surface area contributed by atoms with Crippen molar-refractivity contribution in [2.45, 2.75) is 12.3 Å². The Morgan fingerprint density at radius 3 is 2.70 bits per heavy atom. The lowest BCUT2D eigenvalue weighted by Crippen LogP contribution is -2.40. The lowest BCUT2D eigenvalue weighted by molar-refractivity contribution is 0.480. The average Bonchev–Trinajstić information content (AvgIpc) is 3.05. The highest BCUT2D eigenvalue weighted by atomic mass is 32.2. The van der Waals surface area contributed by atoms with Crippen LogP contribution in [0.25, 0.3) is 0 Å². The van der Waals surface area contributed by atoms with Gasteiger partial charge in [-0.25, -0.2) is 0 Å². The van der Waals surface area contributed by atoms with Gasteiger partial charge >= 0.3 is 0 Å². The minimum Gasteiger partial charge on any atom is -0.355 e. The molecule has 4 nitrogen and oxygen atoms in total. The molecule has 2 rings (SSSR count). The Kier molecular flexibility index (Phi) is 7.29. The highest BCUT2D eigenvalue weighted by molar-refractivity contribution is 7.84. The first-order chi connectivity index (χ1) is 11.2. The maximum atomic E-state index is 12.1. The molecule has 0 bridgehead atoms. The van der Waals surface area contributed by atoms with E-state index < -0.39 is 10.8 Å². The van der Waals surface area contributed by atoms with Crippen molar-refractivity contribution in [1.82, 2.24) is 10.2 Å². The highest BCUT2D eigenvalue weighted by Gasteiger charge is 2.08. The van der Waals surface area contributed by atoms with Crippen molar-refractivity contribution in [3.63, 3.8) is 0 Å². The van der Waals surface area contributed by atoms with E-state index in [4.69, 9.17) is 0 Å². The SMILES string of the molecule is CN=C(NCCS(=O)Cc1ccccc1)N(C)Cc1ccsc1. The zero-order valence-electron chi connectivity index (χ0n) is 13.6. The molecule has 0 radical (unpaired) electrons. The molecule has 0 saturated carbocycles. The lowest BCUT2D eigenvalue weighted by atomic mass is 10.2. The first-order valence-electron chi connectivity index (χ1n) is 7.51. The summed E-state index contributed by atoms with van der Waals surface area (Å²) in [6.45, 7) is 1.47. The molecule has 0 aliphatic carbocycles. The molecule has 1 aromatic heterocycles. The first-order valence-corrected chi connectivity index (χ1v) is 9.94. The van der Waals surface area contributed by atoms with Crippen LogP contribution in [0.2, 0.25) is 0 Å². The van der Waals surface area contributed by atoms with Gasteiger partial charge in [-0.15, -0.1) is 0 Å². The zero-order valence-corrected chi connectivity index (χ0v) is 15.2. The Hall–Kier alpha value is -1.66. The molecule has 0 aliphatic rings. The average molecular weight is 350 g/mol. The van der Waals surface area contributed by atoms with Crippen LogP contribution in [-0.4, -0.2) is 41.5 Å². The molecule has 1 heterocycles. The van der Waals surface area contributed by atoms with E-state index in [1.54, 1.807) is 18.4 Å². The molecule has 6 heteroatoms. The van der Waals surface area contributed by atoms with Crippen molar-refractivity contribution in [2.24, 2.45) is 4.99 Å². The Labute approximate surface area is 144 Å². The normalized spacial score (nSPS) is 12.9. The second-order valence-electron chi connectivity index (χ2n) is 5.24. The summed E-state index contributed by atoms with van der Waals surface area (Å²) < 4.78 is 12.1. The first kappa shape index (κ1) is 17.7. The van der Waals surface area contributed by atoms with Crippen molar-refractivity contribution in [3.8, 4) is 0 Å². The number of aliphatic imine (C=N–C) groups is 1. The van der Waals surface area contributed by atoms with Gasteiger partial charge in [0.05, 0.1) is 0 Å². The van der Waals surface area contributed by atoms with Crippen LogP contribution in [0.3, 0.4) is 0 Å². The van der Waals surface area contributed by atoms with E-state index in [0.717, 1.165) is 18.1 Å². The number of hydrogen-bond donors (Lipinski definition) is 1. The smallest absolute Gasteiger partial charge is 0.193 e. The molecule has 0 amide bonds. The number of guanidine groups is 1. The summed E-state index contributed by atoms with van der Waals surface area (Å²) in [5.74, 6) is 2.04. The maximum Gasteiger partial charge on any atom is 0.193 e. The number of rotatable bonds is 7. The monoisotopic (exact) mass is 349 g/mol. The van der Waals surface area contributed by atoms with Crippen molar-refractivity contribution < 1.29 is 4.21 Å². The molecule has 0 saturated heterocycles. The number of thiophene rings is 1. The van der Waals surface area contributed by atoms with Crippen LogP contribution in [0.15, 0.2) is 52.2 Å². The van der Waals surface area contributed by atoms with Crippen LogP contribution in [0, 0.1) is 0 Å². The minimum atomic E-state index is -0.868. The van der Waals surface area contributed by atoms with Gasteiger partial charge in [-0.3, -0.25) is 9.20 Å². The number of nitrogens with one attached hydrogen (secondary N) is 1. The van der Waals surface area contributed by atoms with Crippen LogP contribution < -0.4 is 5.32 Å². The van der Waals surface area contributed by atoms with Gasteiger partial charge in [0.1, 0.15) is 0 Å². The van der Waals surface area contributed by atoms with Gasteiger partial charge in [0.25, 0.3) is 0 Å². The predicted octanol–water partition coefficient (Wildman–Crippen LogP) is 2.70. The molecule has 1 atom stereocenters. The molecule has 2 aromatic rings. The van der Waals surface area contributed by atoms with E-state index in [0.29, 0.717) is 18.1 Å². The number of hydrogen-bond acceptors (Lipinski definition) is 3. The third kappa shape index (κ3) is 6.15. The summed E-state index contributed by atoms with van der Waals surface area (Å²) in [5.41, 5.74) is 2.39. The van der Waals surface area contributed by atoms with Crippen LogP contribution in [0.1, 0.15) is 11.1 Å². The van der Waals surface area contributed by atoms with Gasteiger partial charge in [0, 0.05) is 49.5 Å². The van der Waals surface area contributed by atoms with Crippen LogP contribution >= 0.6 is 11.3 Å². The van der Waals surface area contributed by atoms with Gasteiger partial charge in [-0.1, -0.05) is 30.3 Å². The molecule has 23 heavy (non-hydrogen) atoms. The van der Waals surface area contributed by atoms with Gasteiger partial charge in [-0.2, -0.15) is 11.3 Å². The summed E-state index contributed by atoms with van der Waals surface area (Å²) in [6.07, 6.45) is 0. The third-order valence-electron chi connectivity index (χ3n) is 3.36. The van der Waals surface area contributed by atoms with Crippen LogP contribution in [0.5, 0.6) is 0 Å². The fourth-order valence-electron chi connectivity index (χ4n) is 2.23. The molecule has 1 unspecified atom stereocenters. The maximum absolute atomic E-state index is 12.1. The highest BCUT2D eigenvalue weighted by Crippen LogP contribution is 2.08. The van der Waals surface area contributed by atoms with E-state index in [1.807, 2.05) is 37.4 Å². The van der Waals surface area contributed by atoms with Crippen molar-refractivity contribution in [2.75, 3.05) is 26.4 Å². The second-order valence-corrected chi connectivity index (χ2v) is 7.59. The summed E-state index contributed by atoms with van der Waals surface area (Å²) >= 11 is 1.70. The van der Waals surface area contributed by atoms with E-state index in [1.165, 1.54) is 5.56 Å². The Morgan fingerprint density at radius 1 is 1.26 bits per heavy atom. The molecule has 0 fully saturated rings. The summed E-state index contributed by atoms with van der Waals surface area (Å²) in [5, 5.41) is 7.50. The van der Waals surface area contributed by atoms with Gasteiger partial charge in [0.15, 0.2) is 5.96 Å². The van der Waals surface area contributed by atoms with E-state index in [-0.39, 0.29) is 0 Å².